The van der Waals surface area contributed by atoms with Crippen LogP contribution in [0.15, 0.2) is 30.5 Å². The fourth-order valence-electron chi connectivity index (χ4n) is 2.22. The Kier molecular flexibility index (Phi) is 3.71. The van der Waals surface area contributed by atoms with E-state index in [0.717, 1.165) is 36.6 Å². The van der Waals surface area contributed by atoms with Crippen LogP contribution < -0.4 is 0 Å². The highest BCUT2D eigenvalue weighted by molar-refractivity contribution is 5.87. The topological polar surface area (TPSA) is 45.8 Å². The number of aldehydes is 1. The van der Waals surface area contributed by atoms with Gasteiger partial charge in [0.25, 0.3) is 0 Å². The minimum Gasteiger partial charge on any atom is -0.347 e. The number of fused-ring (bicyclic) bond motifs is 1. The molecule has 1 aromatic heterocycles. The molecule has 0 aliphatic carbocycles. The van der Waals surface area contributed by atoms with Crippen molar-refractivity contribution in [3.63, 3.8) is 0 Å². The largest absolute Gasteiger partial charge is 0.347 e. The molecule has 19 heavy (non-hydrogen) atoms. The van der Waals surface area contributed by atoms with Gasteiger partial charge in [0, 0.05) is 23.8 Å². The second kappa shape index (κ2) is 5.27. The minimum atomic E-state index is -0.267. The fourth-order valence-corrected chi connectivity index (χ4v) is 2.22. The lowest BCUT2D eigenvalue weighted by atomic mass is 9.90. The molecule has 2 aromatic rings. The zero-order valence-corrected chi connectivity index (χ0v) is 11.4. The predicted molar refractivity (Wildman–Crippen MR) is 76.0 cm³/mol. The van der Waals surface area contributed by atoms with E-state index < -0.39 is 0 Å². The number of nitrogens with zero attached hydrogens (tertiary/aromatic N) is 2. The Morgan fingerprint density at radius 2 is 2.16 bits per heavy atom. The van der Waals surface area contributed by atoms with E-state index in [-0.39, 0.29) is 5.41 Å². The molecule has 0 bridgehead atoms. The van der Waals surface area contributed by atoms with Crippen LogP contribution in [0, 0.1) is 16.7 Å². The maximum atomic E-state index is 10.8. The van der Waals surface area contributed by atoms with E-state index in [1.165, 1.54) is 0 Å². The van der Waals surface area contributed by atoms with Gasteiger partial charge in [-0.05, 0) is 44.2 Å². The molecular formula is C16H18N2O. The van der Waals surface area contributed by atoms with Crippen molar-refractivity contribution in [3.8, 4) is 6.07 Å². The van der Waals surface area contributed by atoms with Crippen molar-refractivity contribution in [2.24, 2.45) is 5.41 Å². The molecule has 0 N–H and O–H groups in total. The van der Waals surface area contributed by atoms with Crippen molar-refractivity contribution in [1.82, 2.24) is 4.57 Å². The van der Waals surface area contributed by atoms with Gasteiger partial charge in [-0.2, -0.15) is 5.26 Å². The van der Waals surface area contributed by atoms with Gasteiger partial charge in [0.1, 0.15) is 6.29 Å². The van der Waals surface area contributed by atoms with Gasteiger partial charge in [0.15, 0.2) is 0 Å². The molecule has 0 amide bonds. The van der Waals surface area contributed by atoms with Gasteiger partial charge < -0.3 is 4.57 Å². The predicted octanol–water partition coefficient (Wildman–Crippen LogP) is 3.78. The van der Waals surface area contributed by atoms with Crippen LogP contribution in [0.1, 0.15) is 37.0 Å². The minimum absolute atomic E-state index is 0.267. The van der Waals surface area contributed by atoms with Crippen LogP contribution in [-0.4, -0.2) is 10.9 Å². The van der Waals surface area contributed by atoms with Crippen molar-refractivity contribution >= 4 is 17.2 Å². The number of nitriles is 1. The number of aromatic nitrogens is 1. The van der Waals surface area contributed by atoms with Crippen LogP contribution in [0.2, 0.25) is 0 Å². The van der Waals surface area contributed by atoms with Gasteiger partial charge >= 0.3 is 0 Å². The number of carbonyl (C=O) groups excluding carboxylic acids is 1. The summed E-state index contributed by atoms with van der Waals surface area (Å²) in [6.07, 6.45) is 4.74. The van der Waals surface area contributed by atoms with Crippen LogP contribution >= 0.6 is 0 Å². The van der Waals surface area contributed by atoms with Crippen molar-refractivity contribution < 1.29 is 4.79 Å². The van der Waals surface area contributed by atoms with Gasteiger partial charge in [0.2, 0.25) is 0 Å². The zero-order chi connectivity index (χ0) is 13.9. The standard InChI is InChI=1S/C16H18N2O/c1-16(2,12-17)7-3-8-18-9-6-14-5-4-13(11-19)10-15(14)18/h4-6,9-11H,3,7-8H2,1-2H3. The SMILES string of the molecule is CC(C)(C#N)CCCn1ccc2ccc(C=O)cc21. The molecule has 0 saturated carbocycles. The first kappa shape index (κ1) is 13.4. The molecule has 1 heterocycles. The lowest BCUT2D eigenvalue weighted by Crippen LogP contribution is -2.09. The summed E-state index contributed by atoms with van der Waals surface area (Å²) >= 11 is 0. The van der Waals surface area contributed by atoms with Gasteiger partial charge in [-0.1, -0.05) is 12.1 Å². The number of rotatable bonds is 5. The van der Waals surface area contributed by atoms with Crippen molar-refractivity contribution in [2.45, 2.75) is 33.2 Å². The average Bonchev–Trinajstić information content (AvgIpc) is 2.81. The summed E-state index contributed by atoms with van der Waals surface area (Å²) in [7, 11) is 0. The Morgan fingerprint density at radius 3 is 2.84 bits per heavy atom. The Balaban J connectivity index is 2.13. The first-order valence-electron chi connectivity index (χ1n) is 6.51. The van der Waals surface area contributed by atoms with Crippen molar-refractivity contribution in [3.05, 3.63) is 36.0 Å². The molecule has 0 radical (unpaired) electrons. The molecule has 98 valence electrons. The van der Waals surface area contributed by atoms with Crippen LogP contribution in [0.25, 0.3) is 10.9 Å². The van der Waals surface area contributed by atoms with E-state index in [1.54, 1.807) is 0 Å². The summed E-state index contributed by atoms with van der Waals surface area (Å²) in [6.45, 7) is 4.80. The van der Waals surface area contributed by atoms with Gasteiger partial charge in [0.05, 0.1) is 11.5 Å². The summed E-state index contributed by atoms with van der Waals surface area (Å²) in [5.74, 6) is 0. The molecule has 3 heteroatoms. The van der Waals surface area contributed by atoms with E-state index >= 15 is 0 Å². The maximum Gasteiger partial charge on any atom is 0.150 e. The summed E-state index contributed by atoms with van der Waals surface area (Å²) in [6, 6.07) is 10.1. The second-order valence-electron chi connectivity index (χ2n) is 5.54. The Morgan fingerprint density at radius 1 is 1.37 bits per heavy atom. The molecular weight excluding hydrogens is 236 g/mol. The third-order valence-corrected chi connectivity index (χ3v) is 3.44. The maximum absolute atomic E-state index is 10.8. The first-order chi connectivity index (χ1) is 9.05. The molecule has 0 unspecified atom stereocenters. The summed E-state index contributed by atoms with van der Waals surface area (Å²) in [4.78, 5) is 10.8. The monoisotopic (exact) mass is 254 g/mol. The first-order valence-corrected chi connectivity index (χ1v) is 6.51. The third-order valence-electron chi connectivity index (χ3n) is 3.44. The van der Waals surface area contributed by atoms with E-state index in [1.807, 2.05) is 38.2 Å². The van der Waals surface area contributed by atoms with E-state index in [4.69, 9.17) is 5.26 Å². The lowest BCUT2D eigenvalue weighted by molar-refractivity contribution is 0.112. The Bertz CT molecular complexity index is 632. The van der Waals surface area contributed by atoms with Crippen LogP contribution in [0.3, 0.4) is 0 Å². The van der Waals surface area contributed by atoms with E-state index in [2.05, 4.69) is 16.7 Å². The van der Waals surface area contributed by atoms with Crippen LogP contribution in [0.4, 0.5) is 0 Å². The third kappa shape index (κ3) is 3.03. The van der Waals surface area contributed by atoms with Gasteiger partial charge in [-0.25, -0.2) is 0 Å². The molecule has 0 fully saturated rings. The number of carbonyl (C=O) groups is 1. The number of hydrogen-bond acceptors (Lipinski definition) is 2. The number of aryl methyl sites for hydroxylation is 1. The molecule has 0 atom stereocenters. The molecule has 0 aliphatic heterocycles. The van der Waals surface area contributed by atoms with E-state index in [9.17, 15) is 4.79 Å². The molecule has 1 aromatic carbocycles. The Labute approximate surface area is 113 Å². The normalized spacial score (nSPS) is 11.4. The number of hydrogen-bond donors (Lipinski definition) is 0. The molecule has 2 rings (SSSR count). The molecule has 0 spiro atoms. The molecule has 3 nitrogen and oxygen atoms in total. The lowest BCUT2D eigenvalue weighted by Gasteiger charge is -2.15. The second-order valence-corrected chi connectivity index (χ2v) is 5.54. The van der Waals surface area contributed by atoms with Crippen LogP contribution in [-0.2, 0) is 6.54 Å². The van der Waals surface area contributed by atoms with E-state index in [0.29, 0.717) is 5.56 Å². The summed E-state index contributed by atoms with van der Waals surface area (Å²) < 4.78 is 2.15. The highest BCUT2D eigenvalue weighted by atomic mass is 16.1. The Hall–Kier alpha value is -2.08. The number of benzene rings is 1. The summed E-state index contributed by atoms with van der Waals surface area (Å²) in [5.41, 5.74) is 1.51. The molecule has 0 aliphatic rings. The average molecular weight is 254 g/mol. The fraction of sp³-hybridized carbons (Fsp3) is 0.375. The van der Waals surface area contributed by atoms with Crippen molar-refractivity contribution in [1.29, 1.82) is 5.26 Å². The summed E-state index contributed by atoms with van der Waals surface area (Å²) in [5, 5.41) is 10.1. The van der Waals surface area contributed by atoms with Crippen molar-refractivity contribution in [2.75, 3.05) is 0 Å². The smallest absolute Gasteiger partial charge is 0.150 e. The highest BCUT2D eigenvalue weighted by Gasteiger charge is 2.15. The van der Waals surface area contributed by atoms with Crippen LogP contribution in [0.5, 0.6) is 0 Å². The van der Waals surface area contributed by atoms with Gasteiger partial charge in [-0.3, -0.25) is 4.79 Å². The zero-order valence-electron chi connectivity index (χ0n) is 11.4. The van der Waals surface area contributed by atoms with Gasteiger partial charge in [-0.15, -0.1) is 0 Å². The highest BCUT2D eigenvalue weighted by Crippen LogP contribution is 2.23. The molecule has 0 saturated heterocycles. The quantitative estimate of drug-likeness (QED) is 0.762.